The number of hydrogen-bond donors (Lipinski definition) is 1. The number of likely N-dealkylation sites (N-methyl/N-ethyl adjacent to an activating group) is 1. The molecule has 0 aliphatic carbocycles. The zero-order valence-electron chi connectivity index (χ0n) is 15.9. The first-order valence-electron chi connectivity index (χ1n) is 9.27. The van der Waals surface area contributed by atoms with E-state index in [0.717, 1.165) is 6.42 Å². The molecule has 158 valence electrons. The number of rotatable bonds is 6. The Morgan fingerprint density at radius 1 is 1.21 bits per heavy atom. The standard InChI is InChI=1S/C18H26N2O6S.ClH/c1-2-19(13-18(21)22)14-6-8-20(9-7-14)27(23,24)15-4-5-16-17(12-15)26-11-3-10-25-16;/h4-5,12,14H,2-3,6-11,13H2,1H3,(H,21,22);1H. The zero-order valence-corrected chi connectivity index (χ0v) is 17.5. The number of hydrogen-bond acceptors (Lipinski definition) is 6. The maximum Gasteiger partial charge on any atom is 0.317 e. The molecule has 2 heterocycles. The van der Waals surface area contributed by atoms with E-state index in [1.54, 1.807) is 12.1 Å². The fraction of sp³-hybridized carbons (Fsp3) is 0.611. The Labute approximate surface area is 171 Å². The van der Waals surface area contributed by atoms with Gasteiger partial charge in [-0.25, -0.2) is 8.42 Å². The number of carbonyl (C=O) groups is 1. The highest BCUT2D eigenvalue weighted by Gasteiger charge is 2.32. The summed E-state index contributed by atoms with van der Waals surface area (Å²) in [5.41, 5.74) is 0. The number of aliphatic carboxylic acids is 1. The van der Waals surface area contributed by atoms with Gasteiger partial charge in [0.2, 0.25) is 10.0 Å². The number of benzene rings is 1. The van der Waals surface area contributed by atoms with E-state index in [4.69, 9.17) is 14.6 Å². The van der Waals surface area contributed by atoms with Gasteiger partial charge in [0.05, 0.1) is 24.7 Å². The van der Waals surface area contributed by atoms with Gasteiger partial charge in [-0.3, -0.25) is 9.69 Å². The normalized spacial score (nSPS) is 18.4. The van der Waals surface area contributed by atoms with Crippen LogP contribution in [0, 0.1) is 0 Å². The van der Waals surface area contributed by atoms with E-state index in [9.17, 15) is 13.2 Å². The van der Waals surface area contributed by atoms with Crippen LogP contribution in [0.1, 0.15) is 26.2 Å². The average molecular weight is 435 g/mol. The van der Waals surface area contributed by atoms with Crippen LogP contribution < -0.4 is 9.47 Å². The lowest BCUT2D eigenvalue weighted by atomic mass is 10.0. The summed E-state index contributed by atoms with van der Waals surface area (Å²) < 4.78 is 38.6. The maximum absolute atomic E-state index is 13.0. The minimum absolute atomic E-state index is 0. The predicted octanol–water partition coefficient (Wildman–Crippen LogP) is 1.83. The third-order valence-electron chi connectivity index (χ3n) is 5.04. The topological polar surface area (TPSA) is 96.4 Å². The highest BCUT2D eigenvalue weighted by Crippen LogP contribution is 2.33. The molecule has 8 nitrogen and oxygen atoms in total. The minimum Gasteiger partial charge on any atom is -0.490 e. The molecule has 0 bridgehead atoms. The molecule has 3 rings (SSSR count). The van der Waals surface area contributed by atoms with Gasteiger partial charge in [0, 0.05) is 31.6 Å². The smallest absolute Gasteiger partial charge is 0.317 e. The molecular formula is C18H27ClN2O6S. The van der Waals surface area contributed by atoms with Crippen molar-refractivity contribution >= 4 is 28.4 Å². The van der Waals surface area contributed by atoms with E-state index in [0.29, 0.717) is 57.2 Å². The maximum atomic E-state index is 13.0. The van der Waals surface area contributed by atoms with Crippen molar-refractivity contribution in [3.63, 3.8) is 0 Å². The summed E-state index contributed by atoms with van der Waals surface area (Å²) in [7, 11) is -3.62. The second kappa shape index (κ2) is 9.78. The number of piperidine rings is 1. The number of nitrogens with zero attached hydrogens (tertiary/aromatic N) is 2. The first-order valence-corrected chi connectivity index (χ1v) is 10.7. The highest BCUT2D eigenvalue weighted by atomic mass is 35.5. The van der Waals surface area contributed by atoms with Crippen LogP contribution in [0.4, 0.5) is 0 Å². The quantitative estimate of drug-likeness (QED) is 0.729. The lowest BCUT2D eigenvalue weighted by molar-refractivity contribution is -0.139. The number of ether oxygens (including phenoxy) is 2. The lowest BCUT2D eigenvalue weighted by Gasteiger charge is -2.36. The van der Waals surface area contributed by atoms with E-state index in [-0.39, 0.29) is 29.9 Å². The number of carboxylic acid groups (broad SMARTS) is 1. The summed E-state index contributed by atoms with van der Waals surface area (Å²) in [5.74, 6) is 0.165. The monoisotopic (exact) mass is 434 g/mol. The van der Waals surface area contributed by atoms with Crippen molar-refractivity contribution in [2.45, 2.75) is 37.1 Å². The number of carboxylic acids is 1. The van der Waals surface area contributed by atoms with Crippen LogP contribution in [0.3, 0.4) is 0 Å². The molecule has 1 fully saturated rings. The zero-order chi connectivity index (χ0) is 19.4. The number of halogens is 1. The Kier molecular flexibility index (Phi) is 7.94. The molecule has 0 radical (unpaired) electrons. The van der Waals surface area contributed by atoms with Crippen molar-refractivity contribution < 1.29 is 27.8 Å². The van der Waals surface area contributed by atoms with Crippen LogP contribution in [-0.2, 0) is 14.8 Å². The van der Waals surface area contributed by atoms with Gasteiger partial charge in [0.25, 0.3) is 0 Å². The van der Waals surface area contributed by atoms with E-state index >= 15 is 0 Å². The molecule has 0 spiro atoms. The largest absolute Gasteiger partial charge is 0.490 e. The molecule has 2 aliphatic heterocycles. The second-order valence-corrected chi connectivity index (χ2v) is 8.69. The van der Waals surface area contributed by atoms with E-state index < -0.39 is 16.0 Å². The molecule has 28 heavy (non-hydrogen) atoms. The summed E-state index contributed by atoms with van der Waals surface area (Å²) in [4.78, 5) is 13.1. The average Bonchev–Trinajstić information content (AvgIpc) is 2.91. The third-order valence-corrected chi connectivity index (χ3v) is 6.94. The van der Waals surface area contributed by atoms with E-state index in [1.165, 1.54) is 10.4 Å². The van der Waals surface area contributed by atoms with Crippen LogP contribution in [0.5, 0.6) is 11.5 Å². The van der Waals surface area contributed by atoms with Gasteiger partial charge in [-0.05, 0) is 31.5 Å². The van der Waals surface area contributed by atoms with Crippen molar-refractivity contribution in [2.75, 3.05) is 39.4 Å². The summed E-state index contributed by atoms with van der Waals surface area (Å²) >= 11 is 0. The van der Waals surface area contributed by atoms with Crippen molar-refractivity contribution in [2.24, 2.45) is 0 Å². The Balaban J connectivity index is 0.00000280. The van der Waals surface area contributed by atoms with Crippen molar-refractivity contribution in [3.8, 4) is 11.5 Å². The van der Waals surface area contributed by atoms with Crippen molar-refractivity contribution in [1.29, 1.82) is 0 Å². The van der Waals surface area contributed by atoms with Gasteiger partial charge in [-0.1, -0.05) is 6.92 Å². The molecule has 0 amide bonds. The molecule has 10 heteroatoms. The summed E-state index contributed by atoms with van der Waals surface area (Å²) in [6.45, 7) is 4.33. The Morgan fingerprint density at radius 3 is 2.46 bits per heavy atom. The Bertz CT molecular complexity index is 780. The molecule has 1 N–H and O–H groups in total. The summed E-state index contributed by atoms with van der Waals surface area (Å²) in [5, 5.41) is 9.02. The van der Waals surface area contributed by atoms with Gasteiger partial charge in [0.15, 0.2) is 11.5 Å². The first-order chi connectivity index (χ1) is 12.9. The molecule has 0 unspecified atom stereocenters. The number of sulfonamides is 1. The molecule has 0 atom stereocenters. The molecular weight excluding hydrogens is 408 g/mol. The first kappa shape index (κ1) is 22.7. The summed E-state index contributed by atoms with van der Waals surface area (Å²) in [6.07, 6.45) is 1.99. The van der Waals surface area contributed by atoms with Gasteiger partial charge in [0.1, 0.15) is 0 Å². The van der Waals surface area contributed by atoms with Crippen LogP contribution in [0.2, 0.25) is 0 Å². The van der Waals surface area contributed by atoms with E-state index in [1.807, 2.05) is 11.8 Å². The fourth-order valence-electron chi connectivity index (χ4n) is 3.57. The lowest BCUT2D eigenvalue weighted by Crippen LogP contribution is -2.48. The third kappa shape index (κ3) is 5.08. The fourth-order valence-corrected chi connectivity index (χ4v) is 5.06. The van der Waals surface area contributed by atoms with Gasteiger partial charge >= 0.3 is 5.97 Å². The molecule has 0 saturated carbocycles. The SMILES string of the molecule is CCN(CC(=O)O)C1CCN(S(=O)(=O)c2ccc3c(c2)OCCCO3)CC1.Cl. The van der Waals surface area contributed by atoms with Crippen molar-refractivity contribution in [3.05, 3.63) is 18.2 Å². The minimum atomic E-state index is -3.62. The highest BCUT2D eigenvalue weighted by molar-refractivity contribution is 7.89. The van der Waals surface area contributed by atoms with Gasteiger partial charge < -0.3 is 14.6 Å². The predicted molar refractivity (Wildman–Crippen MR) is 106 cm³/mol. The second-order valence-electron chi connectivity index (χ2n) is 6.75. The summed E-state index contributed by atoms with van der Waals surface area (Å²) in [6, 6.07) is 4.82. The Morgan fingerprint density at radius 2 is 1.86 bits per heavy atom. The Hall–Kier alpha value is -1.55. The molecule has 1 aromatic carbocycles. The van der Waals surface area contributed by atoms with Gasteiger partial charge in [-0.15, -0.1) is 12.4 Å². The van der Waals surface area contributed by atoms with E-state index in [2.05, 4.69) is 0 Å². The molecule has 1 saturated heterocycles. The molecule has 2 aliphatic rings. The van der Waals surface area contributed by atoms with Crippen LogP contribution in [0.15, 0.2) is 23.1 Å². The van der Waals surface area contributed by atoms with Crippen LogP contribution in [-0.4, -0.2) is 74.1 Å². The van der Waals surface area contributed by atoms with Crippen LogP contribution in [0.25, 0.3) is 0 Å². The molecule has 0 aromatic heterocycles. The van der Waals surface area contributed by atoms with Gasteiger partial charge in [-0.2, -0.15) is 4.31 Å². The molecule has 1 aromatic rings. The van der Waals surface area contributed by atoms with Crippen molar-refractivity contribution in [1.82, 2.24) is 9.21 Å². The van der Waals surface area contributed by atoms with Crippen LogP contribution >= 0.6 is 12.4 Å². The number of fused-ring (bicyclic) bond motifs is 1.